The number of halogens is 4. The van der Waals surface area contributed by atoms with Crippen LogP contribution < -0.4 is 10.6 Å². The van der Waals surface area contributed by atoms with Crippen molar-refractivity contribution in [1.29, 1.82) is 0 Å². The monoisotopic (exact) mass is 367 g/mol. The van der Waals surface area contributed by atoms with Gasteiger partial charge in [-0.05, 0) is 24.1 Å². The molecule has 25 heavy (non-hydrogen) atoms. The molecule has 0 unspecified atom stereocenters. The van der Waals surface area contributed by atoms with E-state index in [4.69, 9.17) is 18.0 Å². The highest BCUT2D eigenvalue weighted by atomic mass is 35.5. The number of hydrogen-bond acceptors (Lipinski definition) is 1. The van der Waals surface area contributed by atoms with Gasteiger partial charge in [0, 0.05) is 5.56 Å². The van der Waals surface area contributed by atoms with Crippen LogP contribution in [0.15, 0.2) is 48.5 Å². The van der Waals surface area contributed by atoms with Gasteiger partial charge >= 0.3 is 6.18 Å². The van der Waals surface area contributed by atoms with Gasteiger partial charge in [-0.1, -0.05) is 41.9 Å². The van der Waals surface area contributed by atoms with Crippen molar-refractivity contribution in [3.63, 3.8) is 0 Å². The number of quaternary nitrogens is 1. The minimum atomic E-state index is -4.53. The standard InChI is InChI=1S/C18H14ClF3N2O/c1-2-10-23-16(12-6-4-3-5-7-12)17(25)24-15-11-13(18(20,21)22)8-9-14(15)19/h1,3-9,11,16,23H,10H2,(H,24,25)/p+1/t16-/m0/s1. The normalized spacial score (nSPS) is 12.3. The van der Waals surface area contributed by atoms with Crippen LogP contribution in [-0.4, -0.2) is 12.5 Å². The number of hydrogen-bond donors (Lipinski definition) is 2. The summed E-state index contributed by atoms with van der Waals surface area (Å²) >= 11 is 5.92. The van der Waals surface area contributed by atoms with E-state index < -0.39 is 23.7 Å². The SMILES string of the molecule is C#CC[NH2+][C@H](C(=O)Nc1cc(C(F)(F)F)ccc1Cl)c1ccccc1. The van der Waals surface area contributed by atoms with E-state index in [1.165, 1.54) is 0 Å². The zero-order valence-electron chi connectivity index (χ0n) is 13.0. The van der Waals surface area contributed by atoms with E-state index in [2.05, 4.69) is 11.2 Å². The Morgan fingerprint density at radius 2 is 1.92 bits per heavy atom. The first kappa shape index (κ1) is 18.8. The van der Waals surface area contributed by atoms with E-state index in [0.717, 1.165) is 18.2 Å². The van der Waals surface area contributed by atoms with Crippen molar-refractivity contribution in [2.75, 3.05) is 11.9 Å². The molecule has 0 radical (unpaired) electrons. The van der Waals surface area contributed by atoms with Gasteiger partial charge in [0.05, 0.1) is 16.3 Å². The number of benzene rings is 2. The molecule has 3 N–H and O–H groups in total. The van der Waals surface area contributed by atoms with Crippen molar-refractivity contribution in [2.24, 2.45) is 0 Å². The lowest BCUT2D eigenvalue weighted by Gasteiger charge is -2.16. The van der Waals surface area contributed by atoms with Crippen LogP contribution in [0.5, 0.6) is 0 Å². The summed E-state index contributed by atoms with van der Waals surface area (Å²) in [5.74, 6) is 1.91. The summed E-state index contributed by atoms with van der Waals surface area (Å²) in [5, 5.41) is 4.10. The van der Waals surface area contributed by atoms with Gasteiger partial charge in [-0.2, -0.15) is 13.2 Å². The number of carbonyl (C=O) groups excluding carboxylic acids is 1. The van der Waals surface area contributed by atoms with Gasteiger partial charge in [0.15, 0.2) is 6.04 Å². The van der Waals surface area contributed by atoms with Crippen LogP contribution in [-0.2, 0) is 11.0 Å². The van der Waals surface area contributed by atoms with Gasteiger partial charge in [0.2, 0.25) is 0 Å². The highest BCUT2D eigenvalue weighted by molar-refractivity contribution is 6.33. The number of terminal acetylenes is 1. The summed E-state index contributed by atoms with van der Waals surface area (Å²) in [7, 11) is 0. The lowest BCUT2D eigenvalue weighted by Crippen LogP contribution is -2.87. The van der Waals surface area contributed by atoms with Gasteiger partial charge in [0.1, 0.15) is 6.54 Å². The Hall–Kier alpha value is -2.49. The predicted molar refractivity (Wildman–Crippen MR) is 89.9 cm³/mol. The van der Waals surface area contributed by atoms with Gasteiger partial charge in [0.25, 0.3) is 5.91 Å². The number of amides is 1. The molecule has 7 heteroatoms. The molecule has 0 saturated carbocycles. The lowest BCUT2D eigenvalue weighted by atomic mass is 10.1. The first-order valence-electron chi connectivity index (χ1n) is 7.32. The molecule has 2 aromatic carbocycles. The molecule has 2 rings (SSSR count). The summed E-state index contributed by atoms with van der Waals surface area (Å²) in [4.78, 5) is 12.6. The third kappa shape index (κ3) is 4.99. The fourth-order valence-corrected chi connectivity index (χ4v) is 2.41. The number of nitrogens with two attached hydrogens (primary N) is 1. The molecule has 1 amide bonds. The Morgan fingerprint density at radius 1 is 1.24 bits per heavy atom. The van der Waals surface area contributed by atoms with Crippen molar-refractivity contribution in [2.45, 2.75) is 12.2 Å². The summed E-state index contributed by atoms with van der Waals surface area (Å²) in [5.41, 5.74) is -0.314. The Bertz CT molecular complexity index is 785. The predicted octanol–water partition coefficient (Wildman–Crippen LogP) is 3.24. The number of carbonyl (C=O) groups is 1. The number of alkyl halides is 3. The van der Waals surface area contributed by atoms with Crippen LogP contribution in [0.4, 0.5) is 18.9 Å². The van der Waals surface area contributed by atoms with Crippen molar-refractivity contribution >= 4 is 23.2 Å². The molecule has 0 aromatic heterocycles. The molecule has 0 spiro atoms. The third-order valence-corrected chi connectivity index (χ3v) is 3.79. The average Bonchev–Trinajstić information content (AvgIpc) is 2.57. The second-order valence-electron chi connectivity index (χ2n) is 5.21. The zero-order valence-corrected chi connectivity index (χ0v) is 13.7. The van der Waals surface area contributed by atoms with Crippen LogP contribution in [0.3, 0.4) is 0 Å². The fourth-order valence-electron chi connectivity index (χ4n) is 2.25. The molecule has 0 aliphatic carbocycles. The highest BCUT2D eigenvalue weighted by Gasteiger charge is 2.31. The average molecular weight is 368 g/mol. The Labute approximate surface area is 148 Å². The van der Waals surface area contributed by atoms with E-state index in [-0.39, 0.29) is 17.3 Å². The van der Waals surface area contributed by atoms with E-state index >= 15 is 0 Å². The molecular formula is C18H15ClF3N2O+. The highest BCUT2D eigenvalue weighted by Crippen LogP contribution is 2.34. The second-order valence-corrected chi connectivity index (χ2v) is 5.62. The minimum Gasteiger partial charge on any atom is -0.322 e. The van der Waals surface area contributed by atoms with Crippen LogP contribution in [0, 0.1) is 12.3 Å². The number of anilines is 1. The quantitative estimate of drug-likeness (QED) is 0.783. The first-order valence-corrected chi connectivity index (χ1v) is 7.70. The summed E-state index contributed by atoms with van der Waals surface area (Å²) < 4.78 is 38.5. The van der Waals surface area contributed by atoms with E-state index in [9.17, 15) is 18.0 Å². The Balaban J connectivity index is 2.28. The van der Waals surface area contributed by atoms with E-state index in [1.807, 2.05) is 0 Å². The Kier molecular flexibility index (Phi) is 6.07. The van der Waals surface area contributed by atoms with Gasteiger partial charge in [-0.25, -0.2) is 0 Å². The van der Waals surface area contributed by atoms with Crippen LogP contribution in [0.25, 0.3) is 0 Å². The van der Waals surface area contributed by atoms with E-state index in [0.29, 0.717) is 5.56 Å². The van der Waals surface area contributed by atoms with Crippen molar-refractivity contribution in [3.8, 4) is 12.3 Å². The van der Waals surface area contributed by atoms with Gasteiger partial charge in [-0.15, -0.1) is 6.42 Å². The second kappa shape index (κ2) is 8.06. The molecule has 0 bridgehead atoms. The lowest BCUT2D eigenvalue weighted by molar-refractivity contribution is -0.672. The molecule has 0 fully saturated rings. The molecule has 1 atom stereocenters. The molecular weight excluding hydrogens is 353 g/mol. The summed E-state index contributed by atoms with van der Waals surface area (Å²) in [6, 6.07) is 10.9. The van der Waals surface area contributed by atoms with Gasteiger partial charge in [-0.3, -0.25) is 4.79 Å². The van der Waals surface area contributed by atoms with Gasteiger partial charge < -0.3 is 10.6 Å². The maximum absolute atomic E-state index is 12.8. The van der Waals surface area contributed by atoms with Crippen molar-refractivity contribution in [1.82, 2.24) is 0 Å². The molecule has 3 nitrogen and oxygen atoms in total. The van der Waals surface area contributed by atoms with E-state index in [1.54, 1.807) is 35.6 Å². The molecule has 0 saturated heterocycles. The van der Waals surface area contributed by atoms with Crippen molar-refractivity contribution in [3.05, 3.63) is 64.7 Å². The minimum absolute atomic E-state index is 0.0186. The third-order valence-electron chi connectivity index (χ3n) is 3.46. The zero-order chi connectivity index (χ0) is 18.4. The van der Waals surface area contributed by atoms with Crippen molar-refractivity contribution < 1.29 is 23.3 Å². The first-order chi connectivity index (χ1) is 11.8. The van der Waals surface area contributed by atoms with Crippen LogP contribution >= 0.6 is 11.6 Å². The maximum atomic E-state index is 12.8. The molecule has 0 heterocycles. The maximum Gasteiger partial charge on any atom is 0.416 e. The molecule has 2 aromatic rings. The number of rotatable bonds is 5. The molecule has 0 aliphatic heterocycles. The van der Waals surface area contributed by atoms with Crippen LogP contribution in [0.2, 0.25) is 5.02 Å². The molecule has 130 valence electrons. The Morgan fingerprint density at radius 3 is 2.52 bits per heavy atom. The molecule has 0 aliphatic rings. The largest absolute Gasteiger partial charge is 0.416 e. The summed E-state index contributed by atoms with van der Waals surface area (Å²) in [6.07, 6.45) is 0.711. The number of nitrogens with one attached hydrogen (secondary N) is 1. The fraction of sp³-hybridized carbons (Fsp3) is 0.167. The van der Waals surface area contributed by atoms with Crippen LogP contribution in [0.1, 0.15) is 17.2 Å². The smallest absolute Gasteiger partial charge is 0.322 e. The topological polar surface area (TPSA) is 45.7 Å². The summed E-state index contributed by atoms with van der Waals surface area (Å²) in [6.45, 7) is 0.239.